The lowest BCUT2D eigenvalue weighted by molar-refractivity contribution is 0.0696. The summed E-state index contributed by atoms with van der Waals surface area (Å²) in [6.45, 7) is 3.60. The van der Waals surface area contributed by atoms with E-state index in [0.717, 1.165) is 0 Å². The molecule has 2 rings (SSSR count). The Bertz CT molecular complexity index is 765. The number of benzene rings is 1. The third-order valence-corrected chi connectivity index (χ3v) is 5.09. The number of carboxylic acids is 1. The van der Waals surface area contributed by atoms with Gasteiger partial charge >= 0.3 is 5.97 Å². The van der Waals surface area contributed by atoms with E-state index in [4.69, 9.17) is 5.11 Å². The monoisotopic (exact) mass is 308 g/mol. The smallest absolute Gasteiger partial charge is 0.335 e. The molecule has 112 valence electrons. The minimum absolute atomic E-state index is 0.0156. The van der Waals surface area contributed by atoms with Crippen molar-refractivity contribution in [3.05, 3.63) is 47.5 Å². The lowest BCUT2D eigenvalue weighted by Crippen LogP contribution is -2.15. The molecule has 7 heteroatoms. The third kappa shape index (κ3) is 3.30. The molecule has 0 amide bonds. The first kappa shape index (κ1) is 15.2. The second-order valence-electron chi connectivity index (χ2n) is 4.86. The van der Waals surface area contributed by atoms with Crippen molar-refractivity contribution in [3.63, 3.8) is 0 Å². The van der Waals surface area contributed by atoms with Crippen molar-refractivity contribution < 1.29 is 18.3 Å². The fraction of sp³-hybridized carbons (Fsp3) is 0.286. The highest BCUT2D eigenvalue weighted by Crippen LogP contribution is 2.22. The van der Waals surface area contributed by atoms with Gasteiger partial charge in [-0.3, -0.25) is 0 Å². The summed E-state index contributed by atoms with van der Waals surface area (Å²) in [6, 6.07) is 2.84. The minimum atomic E-state index is -3.55. The van der Waals surface area contributed by atoms with Gasteiger partial charge in [0.25, 0.3) is 0 Å². The molecule has 0 spiro atoms. The Balaban J connectivity index is 2.35. The van der Waals surface area contributed by atoms with Gasteiger partial charge < -0.3 is 9.67 Å². The lowest BCUT2D eigenvalue weighted by Gasteiger charge is -2.11. The number of carbonyl (C=O) groups is 1. The number of aromatic nitrogens is 2. The van der Waals surface area contributed by atoms with Crippen LogP contribution in [0.5, 0.6) is 0 Å². The molecular weight excluding hydrogens is 292 g/mol. The van der Waals surface area contributed by atoms with E-state index in [2.05, 4.69) is 4.98 Å². The number of hydrogen-bond donors (Lipinski definition) is 1. The number of aryl methyl sites for hydroxylation is 3. The van der Waals surface area contributed by atoms with E-state index >= 15 is 0 Å². The molecule has 1 aromatic carbocycles. The van der Waals surface area contributed by atoms with Gasteiger partial charge in [-0.1, -0.05) is 6.07 Å². The average Bonchev–Trinajstić information content (AvgIpc) is 2.88. The van der Waals surface area contributed by atoms with Crippen molar-refractivity contribution in [3.8, 4) is 0 Å². The molecule has 0 atom stereocenters. The molecular formula is C14H16N2O4S. The minimum Gasteiger partial charge on any atom is -0.478 e. The van der Waals surface area contributed by atoms with Gasteiger partial charge in [-0.05, 0) is 31.0 Å². The third-order valence-electron chi connectivity index (χ3n) is 3.26. The van der Waals surface area contributed by atoms with Crippen molar-refractivity contribution >= 4 is 15.8 Å². The first-order valence-electron chi connectivity index (χ1n) is 6.34. The summed E-state index contributed by atoms with van der Waals surface area (Å²) in [4.78, 5) is 15.1. The highest BCUT2D eigenvalue weighted by Gasteiger charge is 2.20. The van der Waals surface area contributed by atoms with E-state index in [-0.39, 0.29) is 22.8 Å². The Morgan fingerprint density at radius 1 is 1.29 bits per heavy atom. The molecule has 0 radical (unpaired) electrons. The number of nitrogens with zero attached hydrogens (tertiary/aromatic N) is 2. The van der Waals surface area contributed by atoms with Gasteiger partial charge in [0.05, 0.1) is 22.5 Å². The molecule has 0 saturated carbocycles. The summed E-state index contributed by atoms with van der Waals surface area (Å²) in [5.41, 5.74) is 1.12. The molecule has 0 aliphatic heterocycles. The van der Waals surface area contributed by atoms with E-state index in [1.54, 1.807) is 43.2 Å². The van der Waals surface area contributed by atoms with Crippen LogP contribution in [0.3, 0.4) is 0 Å². The van der Waals surface area contributed by atoms with Gasteiger partial charge in [-0.25, -0.2) is 18.2 Å². The van der Waals surface area contributed by atoms with Gasteiger partial charge in [0.1, 0.15) is 0 Å². The number of imidazole rings is 1. The summed E-state index contributed by atoms with van der Waals surface area (Å²) in [7, 11) is -3.55. The van der Waals surface area contributed by atoms with Gasteiger partial charge in [0.15, 0.2) is 9.84 Å². The van der Waals surface area contributed by atoms with Crippen LogP contribution >= 0.6 is 0 Å². The fourth-order valence-electron chi connectivity index (χ4n) is 2.15. The zero-order chi connectivity index (χ0) is 15.6. The Morgan fingerprint density at radius 3 is 2.57 bits per heavy atom. The summed E-state index contributed by atoms with van der Waals surface area (Å²) in [5, 5.41) is 9.12. The van der Waals surface area contributed by atoms with Crippen LogP contribution in [0.4, 0.5) is 0 Å². The van der Waals surface area contributed by atoms with Crippen LogP contribution < -0.4 is 0 Å². The molecule has 6 nitrogen and oxygen atoms in total. The summed E-state index contributed by atoms with van der Waals surface area (Å²) in [6.07, 6.45) is 4.80. The van der Waals surface area contributed by atoms with Crippen LogP contribution in [0.1, 0.15) is 21.5 Å². The maximum absolute atomic E-state index is 12.4. The first-order chi connectivity index (χ1) is 9.81. The molecule has 1 heterocycles. The van der Waals surface area contributed by atoms with Gasteiger partial charge in [0.2, 0.25) is 0 Å². The number of hydrogen-bond acceptors (Lipinski definition) is 4. The number of carboxylic acid groups (broad SMARTS) is 1. The second kappa shape index (κ2) is 5.69. The van der Waals surface area contributed by atoms with Crippen molar-refractivity contribution in [1.29, 1.82) is 0 Å². The van der Waals surface area contributed by atoms with Crippen LogP contribution in [0, 0.1) is 13.8 Å². The van der Waals surface area contributed by atoms with Crippen LogP contribution in [0.25, 0.3) is 0 Å². The fourth-order valence-corrected chi connectivity index (χ4v) is 3.67. The Labute approximate surface area is 123 Å². The SMILES string of the molecule is Cc1cc(C)c(S(=O)(=O)CCn2ccnc2)cc1C(=O)O. The molecule has 0 saturated heterocycles. The highest BCUT2D eigenvalue weighted by molar-refractivity contribution is 7.91. The Hall–Kier alpha value is -2.15. The number of sulfone groups is 1. The van der Waals surface area contributed by atoms with Gasteiger partial charge in [0, 0.05) is 18.9 Å². The molecule has 2 aromatic rings. The molecule has 1 aromatic heterocycles. The van der Waals surface area contributed by atoms with Crippen LogP contribution in [0.2, 0.25) is 0 Å². The number of aromatic carboxylic acids is 1. The van der Waals surface area contributed by atoms with E-state index in [1.807, 2.05) is 0 Å². The standard InChI is InChI=1S/C14H16N2O4S/c1-10-7-11(2)13(8-12(10)14(17)18)21(19,20)6-5-16-4-3-15-9-16/h3-4,7-9H,5-6H2,1-2H3,(H,17,18). The normalized spacial score (nSPS) is 11.5. The predicted molar refractivity (Wildman–Crippen MR) is 77.2 cm³/mol. The van der Waals surface area contributed by atoms with Crippen LogP contribution in [-0.4, -0.2) is 34.8 Å². The van der Waals surface area contributed by atoms with Crippen LogP contribution in [-0.2, 0) is 16.4 Å². The lowest BCUT2D eigenvalue weighted by atomic mass is 10.1. The molecule has 21 heavy (non-hydrogen) atoms. The van der Waals surface area contributed by atoms with Crippen LogP contribution in [0.15, 0.2) is 35.7 Å². The summed E-state index contributed by atoms with van der Waals surface area (Å²) < 4.78 is 26.5. The summed E-state index contributed by atoms with van der Waals surface area (Å²) >= 11 is 0. The molecule has 1 N–H and O–H groups in total. The quantitative estimate of drug-likeness (QED) is 0.907. The number of rotatable bonds is 5. The molecule has 0 aliphatic carbocycles. The average molecular weight is 308 g/mol. The maximum atomic E-state index is 12.4. The van der Waals surface area contributed by atoms with Crippen molar-refractivity contribution in [1.82, 2.24) is 9.55 Å². The molecule has 0 bridgehead atoms. The van der Waals surface area contributed by atoms with Crippen molar-refractivity contribution in [2.24, 2.45) is 0 Å². The van der Waals surface area contributed by atoms with Gasteiger partial charge in [-0.15, -0.1) is 0 Å². The van der Waals surface area contributed by atoms with Crippen molar-refractivity contribution in [2.75, 3.05) is 5.75 Å². The van der Waals surface area contributed by atoms with E-state index in [0.29, 0.717) is 11.1 Å². The molecule has 0 unspecified atom stereocenters. The van der Waals surface area contributed by atoms with E-state index in [9.17, 15) is 13.2 Å². The topological polar surface area (TPSA) is 89.3 Å². The van der Waals surface area contributed by atoms with Gasteiger partial charge in [-0.2, -0.15) is 0 Å². The van der Waals surface area contributed by atoms with Crippen molar-refractivity contribution in [2.45, 2.75) is 25.3 Å². The first-order valence-corrected chi connectivity index (χ1v) is 7.99. The predicted octanol–water partition coefficient (Wildman–Crippen LogP) is 1.67. The molecule has 0 aliphatic rings. The largest absolute Gasteiger partial charge is 0.478 e. The zero-order valence-electron chi connectivity index (χ0n) is 11.8. The van der Waals surface area contributed by atoms with E-state index < -0.39 is 15.8 Å². The maximum Gasteiger partial charge on any atom is 0.335 e. The van der Waals surface area contributed by atoms with E-state index in [1.165, 1.54) is 6.07 Å². The molecule has 0 fully saturated rings. The zero-order valence-corrected chi connectivity index (χ0v) is 12.6. The second-order valence-corrected chi connectivity index (χ2v) is 6.93. The highest BCUT2D eigenvalue weighted by atomic mass is 32.2. The Morgan fingerprint density at radius 2 is 2.00 bits per heavy atom. The summed E-state index contributed by atoms with van der Waals surface area (Å²) in [5.74, 6) is -1.23. The Kier molecular flexibility index (Phi) is 4.13.